The van der Waals surface area contributed by atoms with Crippen molar-refractivity contribution in [2.45, 2.75) is 284 Å². The van der Waals surface area contributed by atoms with E-state index in [1.807, 2.05) is 0 Å². The van der Waals surface area contributed by atoms with Crippen LogP contribution in [-0.2, 0) is 28.6 Å². The van der Waals surface area contributed by atoms with Crippen LogP contribution in [0.1, 0.15) is 278 Å². The topological polar surface area (TPSA) is 78.9 Å². The number of carbonyl (C=O) groups excluding carboxylic acids is 3. The molecular weight excluding hydrogens is 781 g/mol. The fourth-order valence-electron chi connectivity index (χ4n) is 7.68. The van der Waals surface area contributed by atoms with E-state index in [-0.39, 0.29) is 31.1 Å². The molecule has 6 nitrogen and oxygen atoms in total. The standard InChI is InChI=1S/C57H102O6/c1-4-7-10-13-16-18-20-22-24-25-26-27-28-29-30-31-33-34-36-38-41-44-47-50-56(59)62-53-54(52-61-55(58)49-46-43-40-15-12-9-6-3)63-57(60)51-48-45-42-39-37-35-32-23-21-19-17-14-11-8-5-2/h17,19-20,22-23,25-26,32,54H,4-16,18,21,24,27-31,33-53H2,1-3H3/b19-17-,22-20-,26-25-,32-23-. The first-order chi connectivity index (χ1) is 31.0. The quantitative estimate of drug-likeness (QED) is 0.0262. The summed E-state index contributed by atoms with van der Waals surface area (Å²) in [5, 5.41) is 0. The van der Waals surface area contributed by atoms with Gasteiger partial charge in [0, 0.05) is 19.3 Å². The maximum Gasteiger partial charge on any atom is 0.306 e. The van der Waals surface area contributed by atoms with E-state index in [1.165, 1.54) is 148 Å². The van der Waals surface area contributed by atoms with Crippen molar-refractivity contribution in [2.75, 3.05) is 13.2 Å². The molecule has 63 heavy (non-hydrogen) atoms. The zero-order chi connectivity index (χ0) is 45.8. The summed E-state index contributed by atoms with van der Waals surface area (Å²) in [5.74, 6) is -0.893. The molecule has 0 aromatic heterocycles. The van der Waals surface area contributed by atoms with Crippen LogP contribution in [0.5, 0.6) is 0 Å². The molecule has 0 aliphatic heterocycles. The molecule has 0 saturated carbocycles. The second-order valence-electron chi connectivity index (χ2n) is 18.1. The van der Waals surface area contributed by atoms with E-state index in [0.717, 1.165) is 89.9 Å². The summed E-state index contributed by atoms with van der Waals surface area (Å²) in [7, 11) is 0. The molecule has 0 bridgehead atoms. The number of unbranched alkanes of at least 4 members (excludes halogenated alkanes) is 30. The van der Waals surface area contributed by atoms with Crippen molar-refractivity contribution in [2.24, 2.45) is 0 Å². The van der Waals surface area contributed by atoms with Crippen molar-refractivity contribution < 1.29 is 28.6 Å². The molecule has 0 aromatic rings. The minimum atomic E-state index is -0.777. The summed E-state index contributed by atoms with van der Waals surface area (Å²) in [5.41, 5.74) is 0. The van der Waals surface area contributed by atoms with Gasteiger partial charge in [0.2, 0.25) is 0 Å². The molecule has 0 heterocycles. The van der Waals surface area contributed by atoms with Gasteiger partial charge in [-0.15, -0.1) is 0 Å². The lowest BCUT2D eigenvalue weighted by molar-refractivity contribution is -0.167. The zero-order valence-corrected chi connectivity index (χ0v) is 41.8. The second-order valence-corrected chi connectivity index (χ2v) is 18.1. The number of hydrogen-bond donors (Lipinski definition) is 0. The van der Waals surface area contributed by atoms with E-state index in [4.69, 9.17) is 14.2 Å². The highest BCUT2D eigenvalue weighted by atomic mass is 16.6. The third kappa shape index (κ3) is 50.2. The molecule has 1 atom stereocenters. The predicted molar refractivity (Wildman–Crippen MR) is 270 cm³/mol. The minimum Gasteiger partial charge on any atom is -0.462 e. The minimum absolute atomic E-state index is 0.0781. The van der Waals surface area contributed by atoms with E-state index in [0.29, 0.717) is 19.3 Å². The number of ether oxygens (including phenoxy) is 3. The normalized spacial score (nSPS) is 12.4. The van der Waals surface area contributed by atoms with E-state index < -0.39 is 6.10 Å². The molecule has 0 radical (unpaired) electrons. The first kappa shape index (κ1) is 60.4. The Labute approximate surface area is 390 Å². The van der Waals surface area contributed by atoms with Gasteiger partial charge in [-0.3, -0.25) is 14.4 Å². The van der Waals surface area contributed by atoms with Gasteiger partial charge in [0.25, 0.3) is 0 Å². The Balaban J connectivity index is 4.19. The van der Waals surface area contributed by atoms with Gasteiger partial charge >= 0.3 is 17.9 Å². The van der Waals surface area contributed by atoms with E-state index >= 15 is 0 Å². The van der Waals surface area contributed by atoms with Crippen LogP contribution >= 0.6 is 0 Å². The molecule has 0 aliphatic carbocycles. The third-order valence-electron chi connectivity index (χ3n) is 11.8. The van der Waals surface area contributed by atoms with E-state index in [2.05, 4.69) is 69.4 Å². The van der Waals surface area contributed by atoms with Crippen molar-refractivity contribution in [1.29, 1.82) is 0 Å². The molecule has 0 fully saturated rings. The zero-order valence-electron chi connectivity index (χ0n) is 41.8. The van der Waals surface area contributed by atoms with Crippen molar-refractivity contribution >= 4 is 17.9 Å². The molecule has 0 spiro atoms. The summed E-state index contributed by atoms with van der Waals surface area (Å²) in [4.78, 5) is 37.8. The summed E-state index contributed by atoms with van der Waals surface area (Å²) >= 11 is 0. The lowest BCUT2D eigenvalue weighted by Gasteiger charge is -2.18. The van der Waals surface area contributed by atoms with Gasteiger partial charge in [-0.1, -0.05) is 223 Å². The van der Waals surface area contributed by atoms with Crippen molar-refractivity contribution in [3.63, 3.8) is 0 Å². The SMILES string of the molecule is CCCCC/C=C\C/C=C\CCCCCCCC(=O)OC(COC(=O)CCCCCCCCC)COC(=O)CCCCCCCCCCCCC/C=C\C/C=C\CCCCCCC. The van der Waals surface area contributed by atoms with Crippen LogP contribution in [-0.4, -0.2) is 37.2 Å². The van der Waals surface area contributed by atoms with Crippen molar-refractivity contribution in [3.8, 4) is 0 Å². The Morgan fingerprint density at radius 1 is 0.317 bits per heavy atom. The van der Waals surface area contributed by atoms with Crippen LogP contribution < -0.4 is 0 Å². The van der Waals surface area contributed by atoms with Gasteiger partial charge in [-0.05, 0) is 83.5 Å². The van der Waals surface area contributed by atoms with Crippen molar-refractivity contribution in [1.82, 2.24) is 0 Å². The first-order valence-corrected chi connectivity index (χ1v) is 27.1. The molecule has 0 amide bonds. The average molecular weight is 883 g/mol. The van der Waals surface area contributed by atoms with Crippen LogP contribution in [0.4, 0.5) is 0 Å². The second kappa shape index (κ2) is 52.0. The van der Waals surface area contributed by atoms with Crippen LogP contribution in [0.2, 0.25) is 0 Å². The molecule has 366 valence electrons. The molecule has 0 aromatic carbocycles. The third-order valence-corrected chi connectivity index (χ3v) is 11.8. The molecule has 1 unspecified atom stereocenters. The number of rotatable bonds is 49. The highest BCUT2D eigenvalue weighted by Crippen LogP contribution is 2.15. The highest BCUT2D eigenvalue weighted by molar-refractivity contribution is 5.71. The Kier molecular flexibility index (Phi) is 49.8. The number of esters is 3. The maximum atomic E-state index is 12.8. The predicted octanol–water partition coefficient (Wildman–Crippen LogP) is 17.9. The van der Waals surface area contributed by atoms with E-state index in [1.54, 1.807) is 0 Å². The lowest BCUT2D eigenvalue weighted by Crippen LogP contribution is -2.30. The fourth-order valence-corrected chi connectivity index (χ4v) is 7.68. The van der Waals surface area contributed by atoms with Crippen LogP contribution in [0, 0.1) is 0 Å². The van der Waals surface area contributed by atoms with Gasteiger partial charge in [0.1, 0.15) is 13.2 Å². The Bertz CT molecular complexity index is 1110. The van der Waals surface area contributed by atoms with Crippen molar-refractivity contribution in [3.05, 3.63) is 48.6 Å². The largest absolute Gasteiger partial charge is 0.462 e. The van der Waals surface area contributed by atoms with Gasteiger partial charge in [-0.2, -0.15) is 0 Å². The molecule has 0 aliphatic rings. The molecular formula is C57H102O6. The first-order valence-electron chi connectivity index (χ1n) is 27.1. The molecule has 0 saturated heterocycles. The Morgan fingerprint density at radius 3 is 0.905 bits per heavy atom. The smallest absolute Gasteiger partial charge is 0.306 e. The van der Waals surface area contributed by atoms with Crippen LogP contribution in [0.25, 0.3) is 0 Å². The summed E-state index contributed by atoms with van der Waals surface area (Å²) in [6, 6.07) is 0. The van der Waals surface area contributed by atoms with Gasteiger partial charge in [0.15, 0.2) is 6.10 Å². The highest BCUT2D eigenvalue weighted by Gasteiger charge is 2.19. The number of hydrogen-bond acceptors (Lipinski definition) is 6. The lowest BCUT2D eigenvalue weighted by atomic mass is 10.0. The van der Waals surface area contributed by atoms with Gasteiger partial charge in [-0.25, -0.2) is 0 Å². The van der Waals surface area contributed by atoms with Crippen LogP contribution in [0.15, 0.2) is 48.6 Å². The summed E-state index contributed by atoms with van der Waals surface area (Å²) < 4.78 is 16.7. The van der Waals surface area contributed by atoms with E-state index in [9.17, 15) is 14.4 Å². The molecule has 0 rings (SSSR count). The molecule has 6 heteroatoms. The average Bonchev–Trinajstić information content (AvgIpc) is 3.28. The maximum absolute atomic E-state index is 12.8. The molecule has 0 N–H and O–H groups in total. The Hall–Kier alpha value is -2.63. The Morgan fingerprint density at radius 2 is 0.571 bits per heavy atom. The number of carbonyl (C=O) groups is 3. The van der Waals surface area contributed by atoms with Crippen LogP contribution in [0.3, 0.4) is 0 Å². The van der Waals surface area contributed by atoms with Gasteiger partial charge < -0.3 is 14.2 Å². The van der Waals surface area contributed by atoms with Gasteiger partial charge in [0.05, 0.1) is 0 Å². The monoisotopic (exact) mass is 883 g/mol. The summed E-state index contributed by atoms with van der Waals surface area (Å²) in [6.07, 6.45) is 62.6. The fraction of sp³-hybridized carbons (Fsp3) is 0.807. The number of allylic oxidation sites excluding steroid dienone is 8. The summed E-state index contributed by atoms with van der Waals surface area (Å²) in [6.45, 7) is 6.56.